The van der Waals surface area contributed by atoms with Crippen molar-refractivity contribution in [2.45, 2.75) is 11.8 Å². The number of anilines is 1. The summed E-state index contributed by atoms with van der Waals surface area (Å²) in [5.41, 5.74) is 0.0833. The fraction of sp³-hybridized carbons (Fsp3) is 0.143. The van der Waals surface area contributed by atoms with E-state index in [1.54, 1.807) is 13.0 Å². The third-order valence-corrected chi connectivity index (χ3v) is 5.02. The molecular formula is C14H12BrClFNO3S. The van der Waals surface area contributed by atoms with E-state index in [2.05, 4.69) is 20.7 Å². The highest BCUT2D eigenvalue weighted by atomic mass is 79.9. The van der Waals surface area contributed by atoms with Gasteiger partial charge >= 0.3 is 0 Å². The Bertz CT molecular complexity index is 799. The molecule has 0 saturated heterocycles. The average Bonchev–Trinajstić information content (AvgIpc) is 2.41. The second kappa shape index (κ2) is 6.85. The van der Waals surface area contributed by atoms with Crippen LogP contribution in [-0.2, 0) is 10.0 Å². The van der Waals surface area contributed by atoms with Crippen molar-refractivity contribution >= 4 is 43.2 Å². The molecule has 2 aromatic carbocycles. The Morgan fingerprint density at radius 2 is 2.00 bits per heavy atom. The van der Waals surface area contributed by atoms with E-state index in [0.29, 0.717) is 11.1 Å². The van der Waals surface area contributed by atoms with Gasteiger partial charge in [-0.15, -0.1) is 0 Å². The molecule has 22 heavy (non-hydrogen) atoms. The summed E-state index contributed by atoms with van der Waals surface area (Å²) in [5, 5.41) is 0.0632. The van der Waals surface area contributed by atoms with E-state index >= 15 is 0 Å². The Morgan fingerprint density at radius 3 is 2.59 bits per heavy atom. The van der Waals surface area contributed by atoms with Gasteiger partial charge in [0, 0.05) is 10.5 Å². The van der Waals surface area contributed by atoms with Crippen LogP contribution in [0.1, 0.15) is 6.92 Å². The van der Waals surface area contributed by atoms with E-state index in [0.717, 1.165) is 6.07 Å². The van der Waals surface area contributed by atoms with Gasteiger partial charge < -0.3 is 4.74 Å². The standard InChI is InChI=1S/C14H12BrClFNO3S/c1-2-21-13-5-4-10(8-12(13)17)18-22(19,20)14-6-3-9(15)7-11(14)16/h3-8,18H,2H2,1H3. The van der Waals surface area contributed by atoms with Gasteiger partial charge in [-0.1, -0.05) is 27.5 Å². The summed E-state index contributed by atoms with van der Waals surface area (Å²) in [7, 11) is -3.91. The van der Waals surface area contributed by atoms with Gasteiger partial charge in [-0.3, -0.25) is 4.72 Å². The lowest BCUT2D eigenvalue weighted by atomic mass is 10.3. The fourth-order valence-corrected chi connectivity index (χ4v) is 3.83. The fourth-order valence-electron chi connectivity index (χ4n) is 1.74. The third-order valence-electron chi connectivity index (χ3n) is 2.67. The quantitative estimate of drug-likeness (QED) is 0.795. The van der Waals surface area contributed by atoms with Crippen LogP contribution >= 0.6 is 27.5 Å². The molecule has 2 rings (SSSR count). The van der Waals surface area contributed by atoms with Crippen molar-refractivity contribution in [1.82, 2.24) is 0 Å². The molecule has 0 bridgehead atoms. The van der Waals surface area contributed by atoms with Crippen LogP contribution in [0, 0.1) is 5.82 Å². The van der Waals surface area contributed by atoms with E-state index in [4.69, 9.17) is 16.3 Å². The Hall–Kier alpha value is -1.31. The van der Waals surface area contributed by atoms with Crippen molar-refractivity contribution in [2.75, 3.05) is 11.3 Å². The second-order valence-electron chi connectivity index (χ2n) is 4.26. The Kier molecular flexibility index (Phi) is 5.31. The van der Waals surface area contributed by atoms with E-state index in [1.165, 1.54) is 24.3 Å². The lowest BCUT2D eigenvalue weighted by Crippen LogP contribution is -2.13. The first-order valence-electron chi connectivity index (χ1n) is 6.23. The monoisotopic (exact) mass is 407 g/mol. The normalized spacial score (nSPS) is 11.3. The summed E-state index contributed by atoms with van der Waals surface area (Å²) in [4.78, 5) is -0.0911. The number of benzene rings is 2. The molecule has 0 spiro atoms. The Balaban J connectivity index is 2.31. The minimum absolute atomic E-state index is 0.0622. The van der Waals surface area contributed by atoms with Gasteiger partial charge in [0.1, 0.15) is 4.90 Å². The average molecular weight is 409 g/mol. The maximum absolute atomic E-state index is 13.8. The molecule has 0 amide bonds. The van der Waals surface area contributed by atoms with Crippen molar-refractivity contribution in [3.05, 3.63) is 51.7 Å². The summed E-state index contributed by atoms with van der Waals surface area (Å²) in [5.74, 6) is -0.587. The second-order valence-corrected chi connectivity index (χ2v) is 7.23. The summed E-state index contributed by atoms with van der Waals surface area (Å²) in [6, 6.07) is 8.21. The molecule has 0 atom stereocenters. The lowest BCUT2D eigenvalue weighted by molar-refractivity contribution is 0.321. The summed E-state index contributed by atoms with van der Waals surface area (Å²) < 4.78 is 46.3. The van der Waals surface area contributed by atoms with Gasteiger partial charge in [-0.2, -0.15) is 0 Å². The molecule has 0 fully saturated rings. The molecule has 0 radical (unpaired) electrons. The molecule has 0 saturated carbocycles. The molecule has 0 aliphatic carbocycles. The molecule has 0 aromatic heterocycles. The van der Waals surface area contributed by atoms with Gasteiger partial charge in [0.2, 0.25) is 0 Å². The smallest absolute Gasteiger partial charge is 0.263 e. The van der Waals surface area contributed by atoms with E-state index in [-0.39, 0.29) is 21.4 Å². The molecule has 4 nitrogen and oxygen atoms in total. The molecule has 0 aliphatic rings. The third kappa shape index (κ3) is 3.91. The highest BCUT2D eigenvalue weighted by molar-refractivity contribution is 9.10. The zero-order valence-corrected chi connectivity index (χ0v) is 14.6. The molecule has 0 heterocycles. The van der Waals surface area contributed by atoms with Crippen LogP contribution in [0.5, 0.6) is 5.75 Å². The lowest BCUT2D eigenvalue weighted by Gasteiger charge is -2.11. The summed E-state index contributed by atoms with van der Waals surface area (Å²) in [6.45, 7) is 2.04. The number of ether oxygens (including phenoxy) is 1. The minimum Gasteiger partial charge on any atom is -0.491 e. The van der Waals surface area contributed by atoms with Crippen molar-refractivity contribution in [2.24, 2.45) is 0 Å². The topological polar surface area (TPSA) is 55.4 Å². The Morgan fingerprint density at radius 1 is 1.27 bits per heavy atom. The van der Waals surface area contributed by atoms with Crippen LogP contribution in [0.4, 0.5) is 10.1 Å². The van der Waals surface area contributed by atoms with Gasteiger partial charge in [-0.25, -0.2) is 12.8 Å². The maximum atomic E-state index is 13.8. The Labute approximate surface area is 141 Å². The summed E-state index contributed by atoms with van der Waals surface area (Å²) in [6.07, 6.45) is 0. The van der Waals surface area contributed by atoms with Crippen LogP contribution in [-0.4, -0.2) is 15.0 Å². The predicted octanol–water partition coefficient (Wildman–Crippen LogP) is 4.44. The largest absolute Gasteiger partial charge is 0.491 e. The molecule has 0 aliphatic heterocycles. The SMILES string of the molecule is CCOc1ccc(NS(=O)(=O)c2ccc(Br)cc2Cl)cc1F. The van der Waals surface area contributed by atoms with Crippen molar-refractivity contribution < 1.29 is 17.5 Å². The first kappa shape index (κ1) is 17.1. The van der Waals surface area contributed by atoms with E-state index < -0.39 is 15.8 Å². The van der Waals surface area contributed by atoms with Crippen LogP contribution < -0.4 is 9.46 Å². The molecule has 2 aromatic rings. The molecule has 118 valence electrons. The molecular weight excluding hydrogens is 397 g/mol. The first-order chi connectivity index (χ1) is 10.3. The van der Waals surface area contributed by atoms with Crippen molar-refractivity contribution in [1.29, 1.82) is 0 Å². The number of halogens is 3. The number of nitrogens with one attached hydrogen (secondary N) is 1. The van der Waals surface area contributed by atoms with Crippen LogP contribution in [0.25, 0.3) is 0 Å². The maximum Gasteiger partial charge on any atom is 0.263 e. The van der Waals surface area contributed by atoms with E-state index in [9.17, 15) is 12.8 Å². The van der Waals surface area contributed by atoms with Crippen molar-refractivity contribution in [3.8, 4) is 5.75 Å². The molecule has 0 unspecified atom stereocenters. The molecule has 8 heteroatoms. The number of hydrogen-bond acceptors (Lipinski definition) is 3. The zero-order chi connectivity index (χ0) is 16.3. The van der Waals surface area contributed by atoms with Crippen LogP contribution in [0.15, 0.2) is 45.8 Å². The van der Waals surface area contributed by atoms with Gasteiger partial charge in [0.15, 0.2) is 11.6 Å². The van der Waals surface area contributed by atoms with Crippen molar-refractivity contribution in [3.63, 3.8) is 0 Å². The number of sulfonamides is 1. The number of hydrogen-bond donors (Lipinski definition) is 1. The number of rotatable bonds is 5. The van der Waals surface area contributed by atoms with Crippen LogP contribution in [0.3, 0.4) is 0 Å². The first-order valence-corrected chi connectivity index (χ1v) is 8.89. The highest BCUT2D eigenvalue weighted by Crippen LogP contribution is 2.28. The molecule has 1 N–H and O–H groups in total. The van der Waals surface area contributed by atoms with Gasteiger partial charge in [-0.05, 0) is 37.3 Å². The zero-order valence-electron chi connectivity index (χ0n) is 11.4. The van der Waals surface area contributed by atoms with Gasteiger partial charge in [0.05, 0.1) is 17.3 Å². The highest BCUT2D eigenvalue weighted by Gasteiger charge is 2.19. The predicted molar refractivity (Wildman–Crippen MR) is 87.5 cm³/mol. The van der Waals surface area contributed by atoms with Crippen LogP contribution in [0.2, 0.25) is 5.02 Å². The summed E-state index contributed by atoms with van der Waals surface area (Å²) >= 11 is 9.13. The van der Waals surface area contributed by atoms with Gasteiger partial charge in [0.25, 0.3) is 10.0 Å². The van der Waals surface area contributed by atoms with E-state index in [1.807, 2.05) is 0 Å². The minimum atomic E-state index is -3.91.